The highest BCUT2D eigenvalue weighted by molar-refractivity contribution is 7.99. The average Bonchev–Trinajstić information content (AvgIpc) is 2.95. The standard InChI is InChI=1S/C11H23NOS/c1-4-12-11(7-13,10-5-6-10)8-14-9(2)3/h9-10,12-13H,4-8H2,1-3H3. The first-order valence-electron chi connectivity index (χ1n) is 5.62. The maximum Gasteiger partial charge on any atom is 0.0624 e. The van der Waals surface area contributed by atoms with Crippen LogP contribution < -0.4 is 5.32 Å². The van der Waals surface area contributed by atoms with Gasteiger partial charge in [0.25, 0.3) is 0 Å². The fourth-order valence-electron chi connectivity index (χ4n) is 1.85. The molecule has 1 aliphatic carbocycles. The van der Waals surface area contributed by atoms with Gasteiger partial charge < -0.3 is 10.4 Å². The van der Waals surface area contributed by atoms with E-state index in [-0.39, 0.29) is 12.1 Å². The lowest BCUT2D eigenvalue weighted by molar-refractivity contribution is 0.161. The highest BCUT2D eigenvalue weighted by atomic mass is 32.2. The molecule has 0 aromatic rings. The average molecular weight is 217 g/mol. The SMILES string of the molecule is CCNC(CO)(CSC(C)C)C1CC1. The van der Waals surface area contributed by atoms with Crippen molar-refractivity contribution in [1.29, 1.82) is 0 Å². The lowest BCUT2D eigenvalue weighted by Gasteiger charge is -2.33. The van der Waals surface area contributed by atoms with E-state index in [9.17, 15) is 5.11 Å². The maximum absolute atomic E-state index is 9.56. The lowest BCUT2D eigenvalue weighted by atomic mass is 9.97. The second-order valence-electron chi connectivity index (χ2n) is 4.48. The third kappa shape index (κ3) is 3.14. The second-order valence-corrected chi connectivity index (χ2v) is 6.04. The van der Waals surface area contributed by atoms with E-state index >= 15 is 0 Å². The zero-order valence-corrected chi connectivity index (χ0v) is 10.4. The normalized spacial score (nSPS) is 21.2. The van der Waals surface area contributed by atoms with Crippen molar-refractivity contribution >= 4 is 11.8 Å². The molecule has 0 bridgehead atoms. The Morgan fingerprint density at radius 2 is 2.14 bits per heavy atom. The molecule has 0 aliphatic heterocycles. The van der Waals surface area contributed by atoms with Crippen molar-refractivity contribution in [1.82, 2.24) is 5.32 Å². The topological polar surface area (TPSA) is 32.3 Å². The molecule has 84 valence electrons. The summed E-state index contributed by atoms with van der Waals surface area (Å²) in [5.41, 5.74) is 0.00366. The molecule has 0 heterocycles. The van der Waals surface area contributed by atoms with Gasteiger partial charge in [-0.2, -0.15) is 11.8 Å². The molecule has 1 rings (SSSR count). The summed E-state index contributed by atoms with van der Waals surface area (Å²) in [5, 5.41) is 13.7. The highest BCUT2D eigenvalue weighted by Gasteiger charge is 2.44. The fourth-order valence-corrected chi connectivity index (χ4v) is 2.91. The van der Waals surface area contributed by atoms with Crippen molar-refractivity contribution in [2.24, 2.45) is 5.92 Å². The van der Waals surface area contributed by atoms with Crippen LogP contribution in [-0.4, -0.2) is 34.8 Å². The quantitative estimate of drug-likeness (QED) is 0.683. The Kier molecular flexibility index (Phi) is 4.74. The molecule has 0 aromatic heterocycles. The van der Waals surface area contributed by atoms with Crippen LogP contribution in [0, 0.1) is 5.92 Å². The minimum Gasteiger partial charge on any atom is -0.394 e. The summed E-state index contributed by atoms with van der Waals surface area (Å²) >= 11 is 1.95. The number of aliphatic hydroxyl groups excluding tert-OH is 1. The molecule has 1 saturated carbocycles. The number of rotatable bonds is 7. The molecule has 0 aromatic carbocycles. The number of thioether (sulfide) groups is 1. The molecule has 0 radical (unpaired) electrons. The Hall–Kier alpha value is 0.270. The molecular formula is C11H23NOS. The van der Waals surface area contributed by atoms with Gasteiger partial charge in [-0.25, -0.2) is 0 Å². The highest BCUT2D eigenvalue weighted by Crippen LogP contribution is 2.41. The number of aliphatic hydroxyl groups is 1. The van der Waals surface area contributed by atoms with Crippen LogP contribution in [0.4, 0.5) is 0 Å². The third-order valence-electron chi connectivity index (χ3n) is 2.84. The van der Waals surface area contributed by atoms with E-state index in [0.29, 0.717) is 11.2 Å². The van der Waals surface area contributed by atoms with Crippen LogP contribution in [0.5, 0.6) is 0 Å². The first-order valence-corrected chi connectivity index (χ1v) is 6.67. The van der Waals surface area contributed by atoms with Crippen molar-refractivity contribution in [3.05, 3.63) is 0 Å². The van der Waals surface area contributed by atoms with Crippen LogP contribution in [0.2, 0.25) is 0 Å². The van der Waals surface area contributed by atoms with Gasteiger partial charge in [0, 0.05) is 5.75 Å². The zero-order valence-electron chi connectivity index (χ0n) is 9.55. The van der Waals surface area contributed by atoms with Gasteiger partial charge in [-0.05, 0) is 30.6 Å². The van der Waals surface area contributed by atoms with Gasteiger partial charge >= 0.3 is 0 Å². The molecule has 1 aliphatic rings. The minimum atomic E-state index is 0.00366. The van der Waals surface area contributed by atoms with Crippen LogP contribution in [0.1, 0.15) is 33.6 Å². The van der Waals surface area contributed by atoms with Gasteiger partial charge in [-0.3, -0.25) is 0 Å². The first-order chi connectivity index (χ1) is 6.64. The molecular weight excluding hydrogens is 194 g/mol. The van der Waals surface area contributed by atoms with Gasteiger partial charge in [0.05, 0.1) is 12.1 Å². The van der Waals surface area contributed by atoms with E-state index in [1.807, 2.05) is 11.8 Å². The van der Waals surface area contributed by atoms with Gasteiger partial charge in [0.15, 0.2) is 0 Å². The second kappa shape index (κ2) is 5.38. The van der Waals surface area contributed by atoms with Gasteiger partial charge in [0.2, 0.25) is 0 Å². The van der Waals surface area contributed by atoms with E-state index in [2.05, 4.69) is 26.1 Å². The lowest BCUT2D eigenvalue weighted by Crippen LogP contribution is -2.53. The largest absolute Gasteiger partial charge is 0.394 e. The van der Waals surface area contributed by atoms with E-state index in [4.69, 9.17) is 0 Å². The number of hydrogen-bond donors (Lipinski definition) is 2. The molecule has 14 heavy (non-hydrogen) atoms. The summed E-state index contributed by atoms with van der Waals surface area (Å²) in [7, 11) is 0. The Bertz CT molecular complexity index is 171. The van der Waals surface area contributed by atoms with Gasteiger partial charge in [-0.1, -0.05) is 20.8 Å². The summed E-state index contributed by atoms with van der Waals surface area (Å²) in [5.74, 6) is 1.75. The number of nitrogens with one attached hydrogen (secondary N) is 1. The zero-order chi connectivity index (χ0) is 10.6. The van der Waals surface area contributed by atoms with Crippen molar-refractivity contribution in [2.45, 2.75) is 44.4 Å². The van der Waals surface area contributed by atoms with Crippen LogP contribution in [0.15, 0.2) is 0 Å². The summed E-state index contributed by atoms with van der Waals surface area (Å²) in [6.45, 7) is 7.78. The predicted octanol–water partition coefficient (Wildman–Crippen LogP) is 1.88. The van der Waals surface area contributed by atoms with Crippen LogP contribution in [0.3, 0.4) is 0 Å². The van der Waals surface area contributed by atoms with Crippen molar-refractivity contribution in [3.8, 4) is 0 Å². The van der Waals surface area contributed by atoms with E-state index in [1.165, 1.54) is 12.8 Å². The molecule has 1 atom stereocenters. The summed E-state index contributed by atoms with van der Waals surface area (Å²) < 4.78 is 0. The van der Waals surface area contributed by atoms with E-state index in [1.54, 1.807) is 0 Å². The Balaban J connectivity index is 2.49. The molecule has 0 amide bonds. The Morgan fingerprint density at radius 3 is 2.50 bits per heavy atom. The molecule has 2 nitrogen and oxygen atoms in total. The molecule has 0 saturated heterocycles. The molecule has 1 unspecified atom stereocenters. The van der Waals surface area contributed by atoms with Crippen LogP contribution in [0.25, 0.3) is 0 Å². The summed E-state index contributed by atoms with van der Waals surface area (Å²) in [4.78, 5) is 0. The van der Waals surface area contributed by atoms with Crippen molar-refractivity contribution < 1.29 is 5.11 Å². The van der Waals surface area contributed by atoms with Crippen molar-refractivity contribution in [2.75, 3.05) is 18.9 Å². The van der Waals surface area contributed by atoms with Gasteiger partial charge in [0.1, 0.15) is 0 Å². The van der Waals surface area contributed by atoms with E-state index in [0.717, 1.165) is 12.3 Å². The fraction of sp³-hybridized carbons (Fsp3) is 1.00. The molecule has 1 fully saturated rings. The number of likely N-dealkylation sites (N-methyl/N-ethyl adjacent to an activating group) is 1. The van der Waals surface area contributed by atoms with E-state index < -0.39 is 0 Å². The van der Waals surface area contributed by atoms with Gasteiger partial charge in [-0.15, -0.1) is 0 Å². The minimum absolute atomic E-state index is 0.00366. The Morgan fingerprint density at radius 1 is 1.50 bits per heavy atom. The number of hydrogen-bond acceptors (Lipinski definition) is 3. The van der Waals surface area contributed by atoms with Crippen LogP contribution in [-0.2, 0) is 0 Å². The molecule has 3 heteroatoms. The monoisotopic (exact) mass is 217 g/mol. The summed E-state index contributed by atoms with van der Waals surface area (Å²) in [6.07, 6.45) is 2.57. The van der Waals surface area contributed by atoms with Crippen molar-refractivity contribution in [3.63, 3.8) is 0 Å². The summed E-state index contributed by atoms with van der Waals surface area (Å²) in [6, 6.07) is 0. The van der Waals surface area contributed by atoms with Crippen LogP contribution >= 0.6 is 11.8 Å². The first kappa shape index (κ1) is 12.3. The molecule has 2 N–H and O–H groups in total. The third-order valence-corrected chi connectivity index (χ3v) is 4.19. The smallest absolute Gasteiger partial charge is 0.0624 e. The maximum atomic E-state index is 9.56. The molecule has 0 spiro atoms. The predicted molar refractivity (Wildman–Crippen MR) is 63.8 cm³/mol. The Labute approximate surface area is 91.9 Å².